The average Bonchev–Trinajstić information content (AvgIpc) is 2.21. The molecule has 2 N–H and O–H groups in total. The second kappa shape index (κ2) is 5.66. The molecule has 4 heteroatoms. The molecule has 1 aliphatic rings. The molecule has 14 heavy (non-hydrogen) atoms. The lowest BCUT2D eigenvalue weighted by Gasteiger charge is -2.39. The van der Waals surface area contributed by atoms with E-state index in [0.717, 1.165) is 26.2 Å². The monoisotopic (exact) mass is 202 g/mol. The summed E-state index contributed by atoms with van der Waals surface area (Å²) in [5, 5.41) is 18.4. The van der Waals surface area contributed by atoms with Gasteiger partial charge in [-0.2, -0.15) is 0 Å². The van der Waals surface area contributed by atoms with Crippen molar-refractivity contribution in [2.75, 3.05) is 46.4 Å². The van der Waals surface area contributed by atoms with Crippen LogP contribution in [0.1, 0.15) is 6.92 Å². The number of aliphatic hydroxyl groups excluding tert-OH is 2. The normalized spacial score (nSPS) is 24.9. The third kappa shape index (κ3) is 2.92. The molecule has 4 nitrogen and oxygen atoms in total. The molecule has 0 saturated carbocycles. The molecule has 2 atom stereocenters. The molecule has 1 saturated heterocycles. The molecular weight excluding hydrogens is 180 g/mol. The highest BCUT2D eigenvalue weighted by Gasteiger charge is 2.25. The average molecular weight is 202 g/mol. The molecule has 1 fully saturated rings. The number of hydrogen-bond donors (Lipinski definition) is 2. The molecule has 0 aromatic heterocycles. The van der Waals surface area contributed by atoms with Crippen molar-refractivity contribution in [3.05, 3.63) is 0 Å². The molecule has 0 aromatic rings. The number of aliphatic hydroxyl groups is 2. The highest BCUT2D eigenvalue weighted by Crippen LogP contribution is 2.12. The Balaban J connectivity index is 2.44. The maximum atomic E-state index is 9.28. The first-order valence-electron chi connectivity index (χ1n) is 5.33. The molecule has 1 aliphatic heterocycles. The zero-order chi connectivity index (χ0) is 10.6. The van der Waals surface area contributed by atoms with E-state index in [-0.39, 0.29) is 25.2 Å². The van der Waals surface area contributed by atoms with Crippen molar-refractivity contribution in [1.29, 1.82) is 0 Å². The Kier molecular flexibility index (Phi) is 4.81. The summed E-state index contributed by atoms with van der Waals surface area (Å²) in [4.78, 5) is 4.56. The van der Waals surface area contributed by atoms with E-state index in [2.05, 4.69) is 16.8 Å². The Bertz CT molecular complexity index is 158. The summed E-state index contributed by atoms with van der Waals surface area (Å²) in [6.07, 6.45) is 0. The highest BCUT2D eigenvalue weighted by atomic mass is 16.3. The zero-order valence-corrected chi connectivity index (χ0v) is 9.19. The van der Waals surface area contributed by atoms with Crippen LogP contribution in [0.4, 0.5) is 0 Å². The standard InChI is InChI=1S/C10H22N2O2/c1-9(7-13)10(8-14)12-5-3-11(2)4-6-12/h9-10,13-14H,3-8H2,1-2H3. The maximum Gasteiger partial charge on any atom is 0.0590 e. The van der Waals surface area contributed by atoms with Gasteiger partial charge in [0.2, 0.25) is 0 Å². The number of piperazine rings is 1. The van der Waals surface area contributed by atoms with E-state index in [1.807, 2.05) is 6.92 Å². The van der Waals surface area contributed by atoms with Crippen molar-refractivity contribution >= 4 is 0 Å². The van der Waals surface area contributed by atoms with Gasteiger partial charge in [-0.05, 0) is 13.0 Å². The van der Waals surface area contributed by atoms with Gasteiger partial charge in [-0.15, -0.1) is 0 Å². The number of likely N-dealkylation sites (N-methyl/N-ethyl adjacent to an activating group) is 1. The number of hydrogen-bond acceptors (Lipinski definition) is 4. The van der Waals surface area contributed by atoms with Gasteiger partial charge in [0.25, 0.3) is 0 Å². The molecule has 0 radical (unpaired) electrons. The quantitative estimate of drug-likeness (QED) is 0.628. The summed E-state index contributed by atoms with van der Waals surface area (Å²) in [6, 6.07) is 0.119. The Hall–Kier alpha value is -0.160. The second-order valence-electron chi connectivity index (χ2n) is 4.25. The minimum atomic E-state index is 0.119. The summed E-state index contributed by atoms with van der Waals surface area (Å²) >= 11 is 0. The summed E-state index contributed by atoms with van der Waals surface area (Å²) in [6.45, 7) is 6.36. The smallest absolute Gasteiger partial charge is 0.0590 e. The predicted octanol–water partition coefficient (Wildman–Crippen LogP) is -0.777. The predicted molar refractivity (Wildman–Crippen MR) is 56.2 cm³/mol. The summed E-state index contributed by atoms with van der Waals surface area (Å²) in [5.41, 5.74) is 0. The molecule has 0 spiro atoms. The molecule has 0 aliphatic carbocycles. The molecule has 1 heterocycles. The van der Waals surface area contributed by atoms with Gasteiger partial charge in [0.15, 0.2) is 0 Å². The summed E-state index contributed by atoms with van der Waals surface area (Å²) in [7, 11) is 2.11. The zero-order valence-electron chi connectivity index (χ0n) is 9.19. The van der Waals surface area contributed by atoms with Crippen molar-refractivity contribution in [2.45, 2.75) is 13.0 Å². The molecule has 2 unspecified atom stereocenters. The Morgan fingerprint density at radius 3 is 2.07 bits per heavy atom. The van der Waals surface area contributed by atoms with Gasteiger partial charge in [0, 0.05) is 38.8 Å². The molecule has 0 bridgehead atoms. The first-order chi connectivity index (χ1) is 6.69. The molecule has 0 aromatic carbocycles. The van der Waals surface area contributed by atoms with Crippen molar-refractivity contribution in [3.8, 4) is 0 Å². The van der Waals surface area contributed by atoms with Crippen LogP contribution in [0.15, 0.2) is 0 Å². The molecule has 84 valence electrons. The Labute approximate surface area is 86.1 Å². The van der Waals surface area contributed by atoms with Crippen LogP contribution < -0.4 is 0 Å². The van der Waals surface area contributed by atoms with Crippen LogP contribution in [0, 0.1) is 5.92 Å². The van der Waals surface area contributed by atoms with Crippen LogP contribution in [0.5, 0.6) is 0 Å². The van der Waals surface area contributed by atoms with E-state index in [4.69, 9.17) is 5.11 Å². The fraction of sp³-hybridized carbons (Fsp3) is 1.00. The van der Waals surface area contributed by atoms with Crippen LogP contribution in [0.25, 0.3) is 0 Å². The van der Waals surface area contributed by atoms with Gasteiger partial charge in [-0.25, -0.2) is 0 Å². The van der Waals surface area contributed by atoms with E-state index in [1.54, 1.807) is 0 Å². The van der Waals surface area contributed by atoms with Crippen LogP contribution in [-0.2, 0) is 0 Å². The topological polar surface area (TPSA) is 46.9 Å². The van der Waals surface area contributed by atoms with Gasteiger partial charge in [-0.3, -0.25) is 4.90 Å². The van der Waals surface area contributed by atoms with Gasteiger partial charge < -0.3 is 15.1 Å². The fourth-order valence-corrected chi connectivity index (χ4v) is 1.93. The van der Waals surface area contributed by atoms with Crippen molar-refractivity contribution in [3.63, 3.8) is 0 Å². The van der Waals surface area contributed by atoms with Gasteiger partial charge in [0.05, 0.1) is 6.61 Å². The van der Waals surface area contributed by atoms with Crippen molar-refractivity contribution in [1.82, 2.24) is 9.80 Å². The van der Waals surface area contributed by atoms with Gasteiger partial charge in [-0.1, -0.05) is 6.92 Å². The number of rotatable bonds is 4. The Morgan fingerprint density at radius 1 is 1.07 bits per heavy atom. The Morgan fingerprint density at radius 2 is 1.64 bits per heavy atom. The van der Waals surface area contributed by atoms with E-state index in [1.165, 1.54) is 0 Å². The summed E-state index contributed by atoms with van der Waals surface area (Å²) < 4.78 is 0. The van der Waals surface area contributed by atoms with Crippen molar-refractivity contribution in [2.24, 2.45) is 5.92 Å². The first kappa shape index (κ1) is 11.9. The largest absolute Gasteiger partial charge is 0.396 e. The van der Waals surface area contributed by atoms with Crippen LogP contribution in [0.3, 0.4) is 0 Å². The van der Waals surface area contributed by atoms with E-state index >= 15 is 0 Å². The number of nitrogens with zero attached hydrogens (tertiary/aromatic N) is 2. The van der Waals surface area contributed by atoms with E-state index in [9.17, 15) is 5.11 Å². The highest BCUT2D eigenvalue weighted by molar-refractivity contribution is 4.80. The lowest BCUT2D eigenvalue weighted by Crippen LogP contribution is -2.52. The molecule has 0 amide bonds. The maximum absolute atomic E-state index is 9.28. The van der Waals surface area contributed by atoms with E-state index < -0.39 is 0 Å². The van der Waals surface area contributed by atoms with Crippen LogP contribution in [0.2, 0.25) is 0 Å². The fourth-order valence-electron chi connectivity index (χ4n) is 1.93. The van der Waals surface area contributed by atoms with Crippen LogP contribution in [-0.4, -0.2) is 72.5 Å². The third-order valence-corrected chi connectivity index (χ3v) is 3.14. The van der Waals surface area contributed by atoms with E-state index in [0.29, 0.717) is 0 Å². The SMILES string of the molecule is CC(CO)C(CO)N1CCN(C)CC1. The molecular formula is C10H22N2O2. The lowest BCUT2D eigenvalue weighted by molar-refractivity contribution is 0.0312. The van der Waals surface area contributed by atoms with Crippen LogP contribution >= 0.6 is 0 Å². The first-order valence-corrected chi connectivity index (χ1v) is 5.33. The van der Waals surface area contributed by atoms with Gasteiger partial charge >= 0.3 is 0 Å². The minimum absolute atomic E-state index is 0.119. The molecule has 1 rings (SSSR count). The van der Waals surface area contributed by atoms with Gasteiger partial charge in [0.1, 0.15) is 0 Å². The minimum Gasteiger partial charge on any atom is -0.396 e. The second-order valence-corrected chi connectivity index (χ2v) is 4.25. The van der Waals surface area contributed by atoms with Crippen molar-refractivity contribution < 1.29 is 10.2 Å². The summed E-state index contributed by atoms with van der Waals surface area (Å²) in [5.74, 6) is 0.156. The lowest BCUT2D eigenvalue weighted by atomic mass is 10.0. The third-order valence-electron chi connectivity index (χ3n) is 3.14.